The predicted molar refractivity (Wildman–Crippen MR) is 89.7 cm³/mol. The van der Waals surface area contributed by atoms with Gasteiger partial charge in [0, 0.05) is 26.2 Å². The fourth-order valence-corrected chi connectivity index (χ4v) is 3.10. The summed E-state index contributed by atoms with van der Waals surface area (Å²) in [5.74, 6) is 0.571. The van der Waals surface area contributed by atoms with Crippen LogP contribution >= 0.6 is 0 Å². The molecule has 1 fully saturated rings. The monoisotopic (exact) mass is 348 g/mol. The van der Waals surface area contributed by atoms with E-state index < -0.39 is 10.0 Å². The lowest BCUT2D eigenvalue weighted by Gasteiger charge is -2.21. The third-order valence-corrected chi connectivity index (χ3v) is 5.23. The van der Waals surface area contributed by atoms with Crippen molar-refractivity contribution in [2.24, 2.45) is 16.8 Å². The minimum absolute atomic E-state index is 0.0568. The molecule has 2 N–H and O–H groups in total. The Kier molecular flexibility index (Phi) is 7.77. The minimum Gasteiger partial charge on any atom is -0.469 e. The second-order valence-corrected chi connectivity index (χ2v) is 7.64. The topological polar surface area (TPSA) is 100 Å². The number of nitrogens with one attached hydrogen (secondary N) is 2. The molecule has 0 aromatic carbocycles. The number of esters is 1. The SMILES string of the molecule is CCNC(=NCCNS(=O)(=O)CC)N1CC(C)C(C(=O)OC)C1. The number of nitrogens with zero attached hydrogens (tertiary/aromatic N) is 2. The smallest absolute Gasteiger partial charge is 0.310 e. The number of carbonyl (C=O) groups excluding carboxylic acids is 1. The van der Waals surface area contributed by atoms with Gasteiger partial charge in [0.2, 0.25) is 10.0 Å². The lowest BCUT2D eigenvalue weighted by atomic mass is 9.99. The fourth-order valence-electron chi connectivity index (χ4n) is 2.49. The molecule has 0 spiro atoms. The Hall–Kier alpha value is -1.35. The van der Waals surface area contributed by atoms with Crippen LogP contribution < -0.4 is 10.0 Å². The van der Waals surface area contributed by atoms with Crippen molar-refractivity contribution in [2.45, 2.75) is 20.8 Å². The molecule has 23 heavy (non-hydrogen) atoms. The Morgan fingerprint density at radius 1 is 1.35 bits per heavy atom. The summed E-state index contributed by atoms with van der Waals surface area (Å²) < 4.78 is 30.1. The first kappa shape index (κ1) is 19.7. The number of aliphatic imine (C=N–C) groups is 1. The van der Waals surface area contributed by atoms with Crippen molar-refractivity contribution < 1.29 is 17.9 Å². The molecule has 2 atom stereocenters. The zero-order valence-electron chi connectivity index (χ0n) is 14.3. The standard InChI is InChI=1S/C14H28N4O4S/c1-5-15-14(16-7-8-17-23(20,21)6-2)18-9-11(3)12(10-18)13(19)22-4/h11-12,17H,5-10H2,1-4H3,(H,15,16). The van der Waals surface area contributed by atoms with Gasteiger partial charge >= 0.3 is 5.97 Å². The van der Waals surface area contributed by atoms with Crippen LogP contribution in [0, 0.1) is 11.8 Å². The third kappa shape index (κ3) is 5.98. The molecule has 2 unspecified atom stereocenters. The van der Waals surface area contributed by atoms with E-state index in [2.05, 4.69) is 15.0 Å². The van der Waals surface area contributed by atoms with Crippen LogP contribution in [-0.4, -0.2) is 70.8 Å². The van der Waals surface area contributed by atoms with Gasteiger partial charge in [0.1, 0.15) is 0 Å². The van der Waals surface area contributed by atoms with Gasteiger partial charge in [-0.05, 0) is 19.8 Å². The number of guanidine groups is 1. The maximum atomic E-state index is 11.8. The van der Waals surface area contributed by atoms with E-state index in [0.29, 0.717) is 32.1 Å². The van der Waals surface area contributed by atoms with E-state index in [1.54, 1.807) is 6.92 Å². The Morgan fingerprint density at radius 3 is 2.61 bits per heavy atom. The van der Waals surface area contributed by atoms with Crippen LogP contribution in [0.2, 0.25) is 0 Å². The summed E-state index contributed by atoms with van der Waals surface area (Å²) in [6.07, 6.45) is 0. The number of hydrogen-bond acceptors (Lipinski definition) is 5. The molecule has 1 heterocycles. The van der Waals surface area contributed by atoms with Crippen molar-refractivity contribution in [3.8, 4) is 0 Å². The molecule has 1 aliphatic heterocycles. The first-order chi connectivity index (χ1) is 10.8. The quantitative estimate of drug-likeness (QED) is 0.282. The van der Waals surface area contributed by atoms with E-state index in [4.69, 9.17) is 4.74 Å². The van der Waals surface area contributed by atoms with E-state index >= 15 is 0 Å². The van der Waals surface area contributed by atoms with Gasteiger partial charge in [-0.25, -0.2) is 13.1 Å². The molecule has 0 aromatic heterocycles. The lowest BCUT2D eigenvalue weighted by molar-refractivity contribution is -0.145. The fraction of sp³-hybridized carbons (Fsp3) is 0.857. The Bertz CT molecular complexity index is 521. The van der Waals surface area contributed by atoms with E-state index in [1.165, 1.54) is 7.11 Å². The summed E-state index contributed by atoms with van der Waals surface area (Å²) >= 11 is 0. The highest BCUT2D eigenvalue weighted by molar-refractivity contribution is 7.89. The number of carbonyl (C=O) groups is 1. The summed E-state index contributed by atoms with van der Waals surface area (Å²) in [6.45, 7) is 8.14. The number of rotatable bonds is 7. The lowest BCUT2D eigenvalue weighted by Crippen LogP contribution is -2.41. The predicted octanol–water partition coefficient (Wildman–Crippen LogP) is -0.368. The molecule has 134 valence electrons. The molecular formula is C14H28N4O4S. The maximum Gasteiger partial charge on any atom is 0.310 e. The normalized spacial score (nSPS) is 22.3. The minimum atomic E-state index is -3.20. The highest BCUT2D eigenvalue weighted by Crippen LogP contribution is 2.24. The van der Waals surface area contributed by atoms with Gasteiger partial charge in [0.25, 0.3) is 0 Å². The number of likely N-dealkylation sites (tertiary alicyclic amines) is 1. The average Bonchev–Trinajstić information content (AvgIpc) is 2.91. The number of sulfonamides is 1. The van der Waals surface area contributed by atoms with Crippen molar-refractivity contribution in [1.82, 2.24) is 14.9 Å². The molecule has 0 radical (unpaired) electrons. The zero-order chi connectivity index (χ0) is 17.5. The van der Waals surface area contributed by atoms with Crippen LogP contribution in [0.25, 0.3) is 0 Å². The van der Waals surface area contributed by atoms with Gasteiger partial charge in [-0.15, -0.1) is 0 Å². The molecule has 1 aliphatic rings. The first-order valence-electron chi connectivity index (χ1n) is 7.93. The van der Waals surface area contributed by atoms with Crippen LogP contribution in [0.15, 0.2) is 4.99 Å². The van der Waals surface area contributed by atoms with Crippen LogP contribution in [0.4, 0.5) is 0 Å². The molecule has 1 rings (SSSR count). The number of hydrogen-bond donors (Lipinski definition) is 2. The molecule has 9 heteroatoms. The molecule has 0 bridgehead atoms. The average molecular weight is 348 g/mol. The van der Waals surface area contributed by atoms with Crippen LogP contribution in [0.3, 0.4) is 0 Å². The Morgan fingerprint density at radius 2 is 2.04 bits per heavy atom. The van der Waals surface area contributed by atoms with E-state index in [1.807, 2.05) is 18.7 Å². The summed E-state index contributed by atoms with van der Waals surface area (Å²) in [5, 5.41) is 3.18. The molecule has 1 saturated heterocycles. The molecule has 8 nitrogen and oxygen atoms in total. The number of methoxy groups -OCH3 is 1. The third-order valence-electron chi connectivity index (χ3n) is 3.83. The van der Waals surface area contributed by atoms with E-state index in [-0.39, 0.29) is 30.1 Å². The van der Waals surface area contributed by atoms with Crippen LogP contribution in [-0.2, 0) is 19.6 Å². The maximum absolute atomic E-state index is 11.8. The van der Waals surface area contributed by atoms with Gasteiger partial charge in [0.05, 0.1) is 25.3 Å². The van der Waals surface area contributed by atoms with E-state index in [0.717, 1.165) is 0 Å². The van der Waals surface area contributed by atoms with E-state index in [9.17, 15) is 13.2 Å². The van der Waals surface area contributed by atoms with Crippen LogP contribution in [0.5, 0.6) is 0 Å². The molecular weight excluding hydrogens is 320 g/mol. The summed E-state index contributed by atoms with van der Waals surface area (Å²) in [7, 11) is -1.80. The largest absolute Gasteiger partial charge is 0.469 e. The summed E-state index contributed by atoms with van der Waals surface area (Å²) in [5.41, 5.74) is 0. The van der Waals surface area contributed by atoms with Crippen molar-refractivity contribution in [3.05, 3.63) is 0 Å². The Labute approximate surface area is 138 Å². The zero-order valence-corrected chi connectivity index (χ0v) is 15.1. The first-order valence-corrected chi connectivity index (χ1v) is 9.58. The van der Waals surface area contributed by atoms with Gasteiger partial charge in [0.15, 0.2) is 5.96 Å². The highest BCUT2D eigenvalue weighted by Gasteiger charge is 2.36. The van der Waals surface area contributed by atoms with Crippen molar-refractivity contribution in [2.75, 3.05) is 45.6 Å². The molecule has 0 aromatic rings. The van der Waals surface area contributed by atoms with Gasteiger partial charge in [-0.2, -0.15) is 0 Å². The molecule has 0 amide bonds. The second-order valence-electron chi connectivity index (χ2n) is 5.55. The van der Waals surface area contributed by atoms with Crippen molar-refractivity contribution in [3.63, 3.8) is 0 Å². The van der Waals surface area contributed by atoms with Crippen molar-refractivity contribution >= 4 is 22.0 Å². The van der Waals surface area contributed by atoms with Gasteiger partial charge in [-0.1, -0.05) is 6.92 Å². The highest BCUT2D eigenvalue weighted by atomic mass is 32.2. The van der Waals surface area contributed by atoms with Crippen LogP contribution in [0.1, 0.15) is 20.8 Å². The molecule has 0 aliphatic carbocycles. The number of ether oxygens (including phenoxy) is 1. The second kappa shape index (κ2) is 9.07. The molecule has 0 saturated carbocycles. The summed E-state index contributed by atoms with van der Waals surface area (Å²) in [4.78, 5) is 18.2. The van der Waals surface area contributed by atoms with Gasteiger partial charge < -0.3 is 15.0 Å². The van der Waals surface area contributed by atoms with Crippen molar-refractivity contribution in [1.29, 1.82) is 0 Å². The van der Waals surface area contributed by atoms with Gasteiger partial charge in [-0.3, -0.25) is 9.79 Å². The Balaban J connectivity index is 2.64. The summed E-state index contributed by atoms with van der Waals surface area (Å²) in [6, 6.07) is 0.